The predicted molar refractivity (Wildman–Crippen MR) is 99.7 cm³/mol. The van der Waals surface area contributed by atoms with E-state index in [1.807, 2.05) is 19.1 Å². The first-order valence-corrected chi connectivity index (χ1v) is 9.99. The molecule has 6 heteroatoms. The van der Waals surface area contributed by atoms with Crippen molar-refractivity contribution < 1.29 is 28.3 Å². The number of Topliss-reactive ketones (excluding diaryl/α,β-unsaturated/α-hetero) is 2. The van der Waals surface area contributed by atoms with Crippen LogP contribution < -0.4 is 0 Å². The van der Waals surface area contributed by atoms with E-state index in [1.54, 1.807) is 6.92 Å². The Balaban J connectivity index is 2.47. The molecule has 0 unspecified atom stereocenters. The average molecular weight is 386 g/mol. The van der Waals surface area contributed by atoms with Crippen LogP contribution in [0, 0.1) is 17.8 Å². The zero-order valence-corrected chi connectivity index (χ0v) is 16.4. The third-order valence-electron chi connectivity index (χ3n) is 5.42. The summed E-state index contributed by atoms with van der Waals surface area (Å²) < 4.78 is 27.2. The van der Waals surface area contributed by atoms with Crippen LogP contribution in [0.4, 0.5) is 8.78 Å². The topological polar surface area (TPSA) is 71.4 Å². The average Bonchev–Trinajstić information content (AvgIpc) is 2.84. The molecule has 1 rings (SSSR count). The summed E-state index contributed by atoms with van der Waals surface area (Å²) in [6.07, 6.45) is 7.02. The third-order valence-corrected chi connectivity index (χ3v) is 5.42. The number of rotatable bonds is 13. The van der Waals surface area contributed by atoms with Crippen LogP contribution in [0.5, 0.6) is 0 Å². The van der Waals surface area contributed by atoms with Crippen LogP contribution in [0.3, 0.4) is 0 Å². The minimum Gasteiger partial charge on any atom is -0.481 e. The molecule has 0 spiro atoms. The Bertz CT molecular complexity index is 542. The van der Waals surface area contributed by atoms with Crippen molar-refractivity contribution in [3.05, 3.63) is 12.2 Å². The number of halogens is 2. The number of carboxylic acid groups (broad SMARTS) is 1. The Labute approximate surface area is 160 Å². The lowest BCUT2D eigenvalue weighted by Gasteiger charge is -2.21. The van der Waals surface area contributed by atoms with Crippen LogP contribution in [-0.2, 0) is 14.4 Å². The maximum atomic E-state index is 13.6. The van der Waals surface area contributed by atoms with Gasteiger partial charge in [0.2, 0.25) is 5.78 Å². The van der Waals surface area contributed by atoms with Gasteiger partial charge in [-0.25, -0.2) is 0 Å². The van der Waals surface area contributed by atoms with Gasteiger partial charge in [-0.2, -0.15) is 8.78 Å². The highest BCUT2D eigenvalue weighted by Crippen LogP contribution is 2.40. The third kappa shape index (κ3) is 7.89. The van der Waals surface area contributed by atoms with Crippen LogP contribution in [-0.4, -0.2) is 28.6 Å². The minimum absolute atomic E-state index is 0.119. The molecule has 1 fully saturated rings. The quantitative estimate of drug-likeness (QED) is 0.349. The van der Waals surface area contributed by atoms with E-state index < -0.39 is 24.1 Å². The van der Waals surface area contributed by atoms with Crippen LogP contribution in [0.15, 0.2) is 12.2 Å². The van der Waals surface area contributed by atoms with Crippen molar-refractivity contribution in [2.45, 2.75) is 84.0 Å². The molecule has 1 saturated carbocycles. The van der Waals surface area contributed by atoms with Gasteiger partial charge in [0.25, 0.3) is 0 Å². The number of aliphatic carboxylic acids is 1. The SMILES string of the molecule is CCCC(F)(F)C(=O)CCC[C@H]1[C@H](C)CC(=O)[C@@H]1C/C=C\CCCC(=O)O. The van der Waals surface area contributed by atoms with Crippen LogP contribution >= 0.6 is 0 Å². The number of hydrogen-bond acceptors (Lipinski definition) is 3. The van der Waals surface area contributed by atoms with Crippen molar-refractivity contribution in [3.8, 4) is 0 Å². The molecule has 0 aromatic heterocycles. The van der Waals surface area contributed by atoms with Gasteiger partial charge in [0.15, 0.2) is 0 Å². The molecule has 4 nitrogen and oxygen atoms in total. The van der Waals surface area contributed by atoms with Crippen molar-refractivity contribution in [3.63, 3.8) is 0 Å². The summed E-state index contributed by atoms with van der Waals surface area (Å²) in [5, 5.41) is 8.60. The van der Waals surface area contributed by atoms with E-state index in [4.69, 9.17) is 5.11 Å². The number of alkyl halides is 2. The Hall–Kier alpha value is -1.59. The van der Waals surface area contributed by atoms with Gasteiger partial charge < -0.3 is 5.11 Å². The van der Waals surface area contributed by atoms with Crippen molar-refractivity contribution in [2.75, 3.05) is 0 Å². The summed E-state index contributed by atoms with van der Waals surface area (Å²) in [6.45, 7) is 3.64. The summed E-state index contributed by atoms with van der Waals surface area (Å²) in [6, 6.07) is 0. The standard InChI is InChI=1S/C21H32F2O4/c1-3-13-21(22,23)19(25)11-8-10-16-15(2)14-18(24)17(16)9-6-4-5-7-12-20(26)27/h4,6,15-17H,3,5,7-14H2,1-2H3,(H,26,27)/b6-4-/t15-,16+,17-/m1/s1. The lowest BCUT2D eigenvalue weighted by molar-refractivity contribution is -0.144. The van der Waals surface area contributed by atoms with Crippen LogP contribution in [0.25, 0.3) is 0 Å². The van der Waals surface area contributed by atoms with Gasteiger partial charge >= 0.3 is 11.9 Å². The molecule has 1 N–H and O–H groups in total. The maximum Gasteiger partial charge on any atom is 0.305 e. The molecule has 154 valence electrons. The second-order valence-corrected chi connectivity index (χ2v) is 7.68. The normalized spacial score (nSPS) is 23.3. The summed E-state index contributed by atoms with van der Waals surface area (Å²) in [7, 11) is 0. The summed E-state index contributed by atoms with van der Waals surface area (Å²) in [5.74, 6) is -4.64. The number of carbonyl (C=O) groups excluding carboxylic acids is 2. The fourth-order valence-electron chi connectivity index (χ4n) is 3.91. The van der Waals surface area contributed by atoms with Gasteiger partial charge in [-0.05, 0) is 50.4 Å². The molecule has 0 heterocycles. The fraction of sp³-hybridized carbons (Fsp3) is 0.762. The van der Waals surface area contributed by atoms with Crippen LogP contribution in [0.2, 0.25) is 0 Å². The van der Waals surface area contributed by atoms with E-state index in [2.05, 4.69) is 0 Å². The molecule has 27 heavy (non-hydrogen) atoms. The minimum atomic E-state index is -3.23. The Morgan fingerprint density at radius 1 is 1.22 bits per heavy atom. The van der Waals surface area contributed by atoms with Crippen molar-refractivity contribution in [2.24, 2.45) is 17.8 Å². The first kappa shape index (κ1) is 23.4. The van der Waals surface area contributed by atoms with E-state index in [0.29, 0.717) is 38.5 Å². The molecular weight excluding hydrogens is 354 g/mol. The highest BCUT2D eigenvalue weighted by Gasteiger charge is 2.40. The molecule has 3 atom stereocenters. The Kier molecular flexibility index (Phi) is 9.81. The van der Waals surface area contributed by atoms with E-state index in [9.17, 15) is 23.2 Å². The maximum absolute atomic E-state index is 13.6. The van der Waals surface area contributed by atoms with E-state index in [-0.39, 0.29) is 42.8 Å². The zero-order chi connectivity index (χ0) is 20.4. The largest absolute Gasteiger partial charge is 0.481 e. The Morgan fingerprint density at radius 2 is 1.93 bits per heavy atom. The van der Waals surface area contributed by atoms with E-state index >= 15 is 0 Å². The highest BCUT2D eigenvalue weighted by molar-refractivity contribution is 5.85. The van der Waals surface area contributed by atoms with Crippen molar-refractivity contribution >= 4 is 17.5 Å². The summed E-state index contributed by atoms with van der Waals surface area (Å²) in [5.41, 5.74) is 0. The number of unbranched alkanes of at least 4 members (excludes halogenated alkanes) is 1. The van der Waals surface area contributed by atoms with E-state index in [1.165, 1.54) is 0 Å². The van der Waals surface area contributed by atoms with Gasteiger partial charge in [0.1, 0.15) is 5.78 Å². The number of carbonyl (C=O) groups is 3. The predicted octanol–water partition coefficient (Wildman–Crippen LogP) is 5.20. The molecule has 0 bridgehead atoms. The summed E-state index contributed by atoms with van der Waals surface area (Å²) in [4.78, 5) is 34.4. The molecule has 0 amide bonds. The van der Waals surface area contributed by atoms with Gasteiger partial charge in [-0.1, -0.05) is 26.0 Å². The number of carboxylic acids is 1. The monoisotopic (exact) mass is 386 g/mol. The molecule has 0 aromatic carbocycles. The molecule has 0 saturated heterocycles. The second-order valence-electron chi connectivity index (χ2n) is 7.68. The number of allylic oxidation sites excluding steroid dienone is 2. The Morgan fingerprint density at radius 3 is 2.56 bits per heavy atom. The van der Waals surface area contributed by atoms with Crippen molar-refractivity contribution in [1.29, 1.82) is 0 Å². The number of hydrogen-bond donors (Lipinski definition) is 1. The smallest absolute Gasteiger partial charge is 0.305 e. The molecule has 0 radical (unpaired) electrons. The first-order valence-electron chi connectivity index (χ1n) is 9.99. The van der Waals surface area contributed by atoms with Gasteiger partial charge in [-0.3, -0.25) is 14.4 Å². The molecule has 0 aromatic rings. The molecule has 0 aliphatic heterocycles. The van der Waals surface area contributed by atoms with Gasteiger partial charge in [0.05, 0.1) is 0 Å². The summed E-state index contributed by atoms with van der Waals surface area (Å²) >= 11 is 0. The zero-order valence-electron chi connectivity index (χ0n) is 16.4. The van der Waals surface area contributed by atoms with Gasteiger partial charge in [0, 0.05) is 31.6 Å². The lowest BCUT2D eigenvalue weighted by atomic mass is 9.83. The highest BCUT2D eigenvalue weighted by atomic mass is 19.3. The fourth-order valence-corrected chi connectivity index (χ4v) is 3.91. The molecule has 1 aliphatic rings. The first-order chi connectivity index (χ1) is 12.7. The number of ketones is 2. The second kappa shape index (κ2) is 11.3. The van der Waals surface area contributed by atoms with Crippen LogP contribution in [0.1, 0.15) is 78.1 Å². The van der Waals surface area contributed by atoms with Crippen molar-refractivity contribution in [1.82, 2.24) is 0 Å². The molecule has 1 aliphatic carbocycles. The molecular formula is C21H32F2O4. The lowest BCUT2D eigenvalue weighted by Crippen LogP contribution is -2.28. The van der Waals surface area contributed by atoms with E-state index in [0.717, 1.165) is 0 Å². The van der Waals surface area contributed by atoms with Gasteiger partial charge in [-0.15, -0.1) is 0 Å².